The van der Waals surface area contributed by atoms with E-state index in [4.69, 9.17) is 0 Å². The molecule has 6 heteroatoms. The molecule has 1 fully saturated rings. The zero-order valence-corrected chi connectivity index (χ0v) is 13.8. The highest BCUT2D eigenvalue weighted by Crippen LogP contribution is 2.30. The van der Waals surface area contributed by atoms with Crippen molar-refractivity contribution in [2.45, 2.75) is 43.5 Å². The van der Waals surface area contributed by atoms with Gasteiger partial charge in [-0.05, 0) is 25.8 Å². The topological polar surface area (TPSA) is 63.5 Å². The lowest BCUT2D eigenvalue weighted by atomic mass is 9.93. The summed E-state index contributed by atoms with van der Waals surface area (Å²) in [6, 6.07) is 4.80. The van der Waals surface area contributed by atoms with Crippen LogP contribution in [0.2, 0.25) is 0 Å². The molecule has 0 N–H and O–H groups in total. The highest BCUT2D eigenvalue weighted by molar-refractivity contribution is 9.09. The fourth-order valence-corrected chi connectivity index (χ4v) is 3.84. The number of benzene rings is 1. The molecule has 2 rings (SSSR count). The predicted molar refractivity (Wildman–Crippen MR) is 84.9 cm³/mol. The number of carbonyl (C=O) groups is 1. The van der Waals surface area contributed by atoms with Crippen LogP contribution < -0.4 is 0 Å². The average Bonchev–Trinajstić information content (AvgIpc) is 2.46. The number of alkyl halides is 1. The summed E-state index contributed by atoms with van der Waals surface area (Å²) < 4.78 is 0. The molecule has 0 bridgehead atoms. The summed E-state index contributed by atoms with van der Waals surface area (Å²) in [6.45, 7) is 1.63. The summed E-state index contributed by atoms with van der Waals surface area (Å²) in [6.07, 6.45) is 4.30. The molecule has 1 aliphatic rings. The van der Waals surface area contributed by atoms with E-state index in [0.717, 1.165) is 19.3 Å². The second kappa shape index (κ2) is 6.56. The molecule has 0 spiro atoms. The molecule has 0 radical (unpaired) electrons. The first-order valence-corrected chi connectivity index (χ1v) is 8.00. The van der Waals surface area contributed by atoms with Crippen LogP contribution in [0.1, 0.15) is 41.6 Å². The van der Waals surface area contributed by atoms with Gasteiger partial charge >= 0.3 is 0 Å². The third-order valence-corrected chi connectivity index (χ3v) is 5.27. The maximum absolute atomic E-state index is 12.7. The number of nitro groups is 1. The van der Waals surface area contributed by atoms with Crippen LogP contribution >= 0.6 is 15.9 Å². The van der Waals surface area contributed by atoms with Gasteiger partial charge < -0.3 is 4.90 Å². The van der Waals surface area contributed by atoms with Gasteiger partial charge in [0.15, 0.2) is 0 Å². The van der Waals surface area contributed by atoms with Crippen molar-refractivity contribution >= 4 is 27.5 Å². The van der Waals surface area contributed by atoms with Crippen LogP contribution in [0.15, 0.2) is 18.2 Å². The van der Waals surface area contributed by atoms with E-state index < -0.39 is 4.92 Å². The average molecular weight is 355 g/mol. The smallest absolute Gasteiger partial charge is 0.273 e. The molecule has 1 aromatic rings. The van der Waals surface area contributed by atoms with Gasteiger partial charge in [0.2, 0.25) is 0 Å². The van der Waals surface area contributed by atoms with Crippen LogP contribution in [0.5, 0.6) is 0 Å². The standard InChI is InChI=1S/C15H19BrN2O3/c1-10-11(6-5-9-13(10)18(20)21)15(19)17(2)14-8-4-3-7-12(14)16/h5-6,9,12,14H,3-4,7-8H2,1-2H3. The normalized spacial score (nSPS) is 21.9. The zero-order chi connectivity index (χ0) is 15.6. The number of nitrogens with zero attached hydrogens (tertiary/aromatic N) is 2. The van der Waals surface area contributed by atoms with Gasteiger partial charge in [-0.15, -0.1) is 0 Å². The SMILES string of the molecule is Cc1c(C(=O)N(C)C2CCCCC2Br)cccc1[N+](=O)[O-]. The second-order valence-corrected chi connectivity index (χ2v) is 6.67. The Morgan fingerprint density at radius 2 is 2.05 bits per heavy atom. The van der Waals surface area contributed by atoms with Gasteiger partial charge in [0.1, 0.15) is 0 Å². The number of amides is 1. The molecule has 114 valence electrons. The number of hydrogen-bond acceptors (Lipinski definition) is 3. The van der Waals surface area contributed by atoms with E-state index in [9.17, 15) is 14.9 Å². The molecule has 5 nitrogen and oxygen atoms in total. The summed E-state index contributed by atoms with van der Waals surface area (Å²) in [5, 5.41) is 11.0. The Morgan fingerprint density at radius 3 is 2.67 bits per heavy atom. The van der Waals surface area contributed by atoms with E-state index in [0.29, 0.717) is 16.0 Å². The van der Waals surface area contributed by atoms with Crippen molar-refractivity contribution in [1.29, 1.82) is 0 Å². The summed E-state index contributed by atoms with van der Waals surface area (Å²) in [4.78, 5) is 25.2. The van der Waals surface area contributed by atoms with Crippen molar-refractivity contribution < 1.29 is 9.72 Å². The highest BCUT2D eigenvalue weighted by Gasteiger charge is 2.30. The molecular weight excluding hydrogens is 336 g/mol. The van der Waals surface area contributed by atoms with Crippen molar-refractivity contribution in [2.24, 2.45) is 0 Å². The van der Waals surface area contributed by atoms with E-state index in [-0.39, 0.29) is 17.6 Å². The van der Waals surface area contributed by atoms with E-state index >= 15 is 0 Å². The highest BCUT2D eigenvalue weighted by atomic mass is 79.9. The van der Waals surface area contributed by atoms with Crippen LogP contribution in [-0.4, -0.2) is 33.6 Å². The lowest BCUT2D eigenvalue weighted by Gasteiger charge is -2.35. The largest absolute Gasteiger partial charge is 0.338 e. The van der Waals surface area contributed by atoms with Gasteiger partial charge in [-0.2, -0.15) is 0 Å². The van der Waals surface area contributed by atoms with Crippen LogP contribution in [-0.2, 0) is 0 Å². The molecule has 1 saturated carbocycles. The van der Waals surface area contributed by atoms with Gasteiger partial charge in [-0.3, -0.25) is 14.9 Å². The molecular formula is C15H19BrN2O3. The molecule has 2 atom stereocenters. The second-order valence-electron chi connectivity index (χ2n) is 5.49. The van der Waals surface area contributed by atoms with Crippen molar-refractivity contribution in [1.82, 2.24) is 4.90 Å². The van der Waals surface area contributed by atoms with Crippen molar-refractivity contribution in [3.8, 4) is 0 Å². The molecule has 1 aliphatic carbocycles. The summed E-state index contributed by atoms with van der Waals surface area (Å²) >= 11 is 3.65. The zero-order valence-electron chi connectivity index (χ0n) is 12.2. The number of nitro benzene ring substituents is 1. The first kappa shape index (κ1) is 15.9. The lowest BCUT2D eigenvalue weighted by molar-refractivity contribution is -0.385. The van der Waals surface area contributed by atoms with Gasteiger partial charge in [0, 0.05) is 35.1 Å². The minimum atomic E-state index is -0.444. The molecule has 21 heavy (non-hydrogen) atoms. The molecule has 0 heterocycles. The van der Waals surface area contributed by atoms with E-state index in [1.165, 1.54) is 12.5 Å². The number of carbonyl (C=O) groups excluding carboxylic acids is 1. The molecule has 0 aliphatic heterocycles. The Hall–Kier alpha value is -1.43. The van der Waals surface area contributed by atoms with Crippen LogP contribution in [0.4, 0.5) is 5.69 Å². The minimum absolute atomic E-state index is 0.00622. The first-order chi connectivity index (χ1) is 9.93. The number of rotatable bonds is 3. The van der Waals surface area contributed by atoms with E-state index in [1.807, 2.05) is 0 Å². The maximum atomic E-state index is 12.7. The van der Waals surface area contributed by atoms with Gasteiger partial charge in [0.05, 0.1) is 4.92 Å². The van der Waals surface area contributed by atoms with Gasteiger partial charge in [-0.25, -0.2) is 0 Å². The Kier molecular flexibility index (Phi) is 4.98. The van der Waals surface area contributed by atoms with Gasteiger partial charge in [0.25, 0.3) is 11.6 Å². The predicted octanol–water partition coefficient (Wildman–Crippen LogP) is 3.68. The fourth-order valence-electron chi connectivity index (χ4n) is 2.90. The maximum Gasteiger partial charge on any atom is 0.273 e. The summed E-state index contributed by atoms with van der Waals surface area (Å²) in [5.74, 6) is -0.146. The molecule has 2 unspecified atom stereocenters. The summed E-state index contributed by atoms with van der Waals surface area (Å²) in [5.41, 5.74) is 0.839. The van der Waals surface area contributed by atoms with Crippen LogP contribution in [0.25, 0.3) is 0 Å². The van der Waals surface area contributed by atoms with E-state index in [1.54, 1.807) is 31.0 Å². The van der Waals surface area contributed by atoms with Crippen LogP contribution in [0, 0.1) is 17.0 Å². The third kappa shape index (κ3) is 3.26. The molecule has 1 aromatic carbocycles. The van der Waals surface area contributed by atoms with Crippen molar-refractivity contribution in [3.05, 3.63) is 39.4 Å². The third-order valence-electron chi connectivity index (χ3n) is 4.20. The molecule has 0 aromatic heterocycles. The molecule has 0 saturated heterocycles. The number of hydrogen-bond donors (Lipinski definition) is 0. The Bertz CT molecular complexity index is 562. The van der Waals surface area contributed by atoms with Crippen LogP contribution in [0.3, 0.4) is 0 Å². The minimum Gasteiger partial charge on any atom is -0.338 e. The van der Waals surface area contributed by atoms with E-state index in [2.05, 4.69) is 15.9 Å². The van der Waals surface area contributed by atoms with Gasteiger partial charge in [-0.1, -0.05) is 34.8 Å². The number of halogens is 1. The fraction of sp³-hybridized carbons (Fsp3) is 0.533. The quantitative estimate of drug-likeness (QED) is 0.472. The lowest BCUT2D eigenvalue weighted by Crippen LogP contribution is -2.44. The van der Waals surface area contributed by atoms with Crippen molar-refractivity contribution in [3.63, 3.8) is 0 Å². The summed E-state index contributed by atoms with van der Waals surface area (Å²) in [7, 11) is 1.78. The Labute approximate surface area is 132 Å². The Morgan fingerprint density at radius 1 is 1.38 bits per heavy atom. The first-order valence-electron chi connectivity index (χ1n) is 7.08. The van der Waals surface area contributed by atoms with Crippen molar-refractivity contribution in [2.75, 3.05) is 7.05 Å². The Balaban J connectivity index is 2.27. The molecule has 1 amide bonds. The monoisotopic (exact) mass is 354 g/mol.